The third-order valence-corrected chi connectivity index (χ3v) is 6.24. The Kier molecular flexibility index (Phi) is 11.2. The highest BCUT2D eigenvalue weighted by molar-refractivity contribution is 5.69. The van der Waals surface area contributed by atoms with Crippen molar-refractivity contribution in [1.82, 2.24) is 15.3 Å². The SMILES string of the molecule is COc1ccc(Nc2nccc(-c3ccc(OC4CCOCC4)c(N)c3)n2)cc1OCCOCCNC(=O)OC(C)(C)C. The third kappa shape index (κ3) is 10.2. The fourth-order valence-corrected chi connectivity index (χ4v) is 4.22. The molecule has 12 heteroatoms. The number of hydrogen-bond donors (Lipinski definition) is 3. The largest absolute Gasteiger partial charge is 0.493 e. The molecule has 0 spiro atoms. The number of anilines is 3. The average Bonchev–Trinajstić information content (AvgIpc) is 2.97. The molecule has 232 valence electrons. The Hall–Kier alpha value is -4.29. The van der Waals surface area contributed by atoms with Crippen LogP contribution in [0.25, 0.3) is 11.3 Å². The minimum atomic E-state index is -0.544. The molecule has 2 heterocycles. The predicted molar refractivity (Wildman–Crippen MR) is 163 cm³/mol. The maximum absolute atomic E-state index is 11.7. The number of alkyl carbamates (subject to hydrolysis) is 1. The molecule has 0 unspecified atom stereocenters. The van der Waals surface area contributed by atoms with E-state index >= 15 is 0 Å². The minimum absolute atomic E-state index is 0.107. The standard InChI is InChI=1S/C31H41N5O7/c1-31(2,3)43-30(37)34-13-16-40-17-18-41-28-20-22(6-8-27(28)38-4)35-29-33-12-9-25(36-29)21-5-7-26(24(32)19-21)42-23-10-14-39-15-11-23/h5-9,12,19-20,23H,10-11,13-18,32H2,1-4H3,(H,34,37)(H,33,35,36). The van der Waals surface area contributed by atoms with Gasteiger partial charge in [-0.15, -0.1) is 0 Å². The molecule has 0 aliphatic carbocycles. The first-order chi connectivity index (χ1) is 20.7. The number of nitrogens with two attached hydrogens (primary N) is 1. The lowest BCUT2D eigenvalue weighted by Gasteiger charge is -2.24. The topological polar surface area (TPSA) is 148 Å². The molecule has 4 N–H and O–H groups in total. The summed E-state index contributed by atoms with van der Waals surface area (Å²) in [6.07, 6.45) is 3.01. The van der Waals surface area contributed by atoms with Gasteiger partial charge in [0.2, 0.25) is 5.95 Å². The maximum atomic E-state index is 11.7. The zero-order chi connectivity index (χ0) is 30.7. The van der Waals surface area contributed by atoms with E-state index in [9.17, 15) is 4.79 Å². The molecule has 3 aromatic rings. The molecular formula is C31H41N5O7. The first-order valence-corrected chi connectivity index (χ1v) is 14.3. The average molecular weight is 596 g/mol. The Morgan fingerprint density at radius 1 is 1.02 bits per heavy atom. The van der Waals surface area contributed by atoms with Crippen molar-refractivity contribution in [1.29, 1.82) is 0 Å². The number of nitrogens with zero attached hydrogens (tertiary/aromatic N) is 2. The van der Waals surface area contributed by atoms with Gasteiger partial charge in [-0.25, -0.2) is 14.8 Å². The van der Waals surface area contributed by atoms with Gasteiger partial charge in [0.15, 0.2) is 11.5 Å². The number of carbonyl (C=O) groups is 1. The lowest BCUT2D eigenvalue weighted by molar-refractivity contribution is 0.0258. The lowest BCUT2D eigenvalue weighted by atomic mass is 10.1. The van der Waals surface area contributed by atoms with Crippen molar-refractivity contribution in [3.63, 3.8) is 0 Å². The number of carbonyl (C=O) groups excluding carboxylic acids is 1. The van der Waals surface area contributed by atoms with Crippen LogP contribution in [-0.4, -0.2) is 74.5 Å². The van der Waals surface area contributed by atoms with Gasteiger partial charge in [0, 0.05) is 42.9 Å². The Bertz CT molecular complexity index is 1340. The number of nitrogen functional groups attached to an aromatic ring is 1. The number of amides is 1. The van der Waals surface area contributed by atoms with E-state index in [1.165, 1.54) is 0 Å². The van der Waals surface area contributed by atoms with Gasteiger partial charge in [-0.1, -0.05) is 0 Å². The van der Waals surface area contributed by atoms with Crippen molar-refractivity contribution in [2.75, 3.05) is 57.7 Å². The molecule has 1 fully saturated rings. The van der Waals surface area contributed by atoms with Crippen LogP contribution in [0.2, 0.25) is 0 Å². The van der Waals surface area contributed by atoms with Crippen LogP contribution in [0.5, 0.6) is 17.2 Å². The second kappa shape index (κ2) is 15.3. The van der Waals surface area contributed by atoms with Crippen molar-refractivity contribution in [3.05, 3.63) is 48.7 Å². The van der Waals surface area contributed by atoms with Crippen LogP contribution >= 0.6 is 0 Å². The highest BCUT2D eigenvalue weighted by Gasteiger charge is 2.17. The van der Waals surface area contributed by atoms with Crippen LogP contribution in [0.15, 0.2) is 48.7 Å². The van der Waals surface area contributed by atoms with Gasteiger partial charge in [0.25, 0.3) is 0 Å². The summed E-state index contributed by atoms with van der Waals surface area (Å²) in [6.45, 7) is 8.10. The van der Waals surface area contributed by atoms with E-state index in [0.717, 1.165) is 24.1 Å². The number of rotatable bonds is 13. The minimum Gasteiger partial charge on any atom is -0.493 e. The molecule has 2 aromatic carbocycles. The van der Waals surface area contributed by atoms with Gasteiger partial charge >= 0.3 is 6.09 Å². The van der Waals surface area contributed by atoms with Crippen LogP contribution in [0, 0.1) is 0 Å². The van der Waals surface area contributed by atoms with Crippen molar-refractivity contribution in [3.8, 4) is 28.5 Å². The first kappa shape index (κ1) is 31.6. The summed E-state index contributed by atoms with van der Waals surface area (Å²) in [5.41, 5.74) is 8.60. The zero-order valence-electron chi connectivity index (χ0n) is 25.2. The Balaban J connectivity index is 1.30. The second-order valence-electron chi connectivity index (χ2n) is 10.8. The van der Waals surface area contributed by atoms with Gasteiger partial charge < -0.3 is 44.8 Å². The smallest absolute Gasteiger partial charge is 0.407 e. The van der Waals surface area contributed by atoms with Crippen LogP contribution in [0.4, 0.5) is 22.1 Å². The monoisotopic (exact) mass is 595 g/mol. The summed E-state index contributed by atoms with van der Waals surface area (Å²) in [7, 11) is 1.58. The fourth-order valence-electron chi connectivity index (χ4n) is 4.22. The van der Waals surface area contributed by atoms with Crippen molar-refractivity contribution < 1.29 is 33.2 Å². The number of benzene rings is 2. The highest BCUT2D eigenvalue weighted by Crippen LogP contribution is 2.32. The molecule has 1 amide bonds. The van der Waals surface area contributed by atoms with E-state index in [1.807, 2.05) is 51.1 Å². The number of hydrogen-bond acceptors (Lipinski definition) is 11. The quantitative estimate of drug-likeness (QED) is 0.182. The number of nitrogens with one attached hydrogen (secondary N) is 2. The number of aromatic nitrogens is 2. The number of methoxy groups -OCH3 is 1. The first-order valence-electron chi connectivity index (χ1n) is 14.3. The van der Waals surface area contributed by atoms with Gasteiger partial charge in [0.05, 0.1) is 44.9 Å². The van der Waals surface area contributed by atoms with E-state index in [4.69, 9.17) is 34.2 Å². The van der Waals surface area contributed by atoms with Crippen molar-refractivity contribution in [2.45, 2.75) is 45.3 Å². The zero-order valence-corrected chi connectivity index (χ0v) is 25.2. The summed E-state index contributed by atoms with van der Waals surface area (Å²) >= 11 is 0. The molecule has 0 saturated carbocycles. The molecule has 1 aliphatic heterocycles. The molecular weight excluding hydrogens is 554 g/mol. The highest BCUT2D eigenvalue weighted by atomic mass is 16.6. The summed E-state index contributed by atoms with van der Waals surface area (Å²) < 4.78 is 33.6. The van der Waals surface area contributed by atoms with Crippen molar-refractivity contribution in [2.24, 2.45) is 0 Å². The van der Waals surface area contributed by atoms with E-state index in [-0.39, 0.29) is 12.7 Å². The maximum Gasteiger partial charge on any atom is 0.407 e. The summed E-state index contributed by atoms with van der Waals surface area (Å²) in [5.74, 6) is 2.18. The molecule has 43 heavy (non-hydrogen) atoms. The van der Waals surface area contributed by atoms with E-state index < -0.39 is 11.7 Å². The van der Waals surface area contributed by atoms with Gasteiger partial charge in [-0.3, -0.25) is 0 Å². The Labute approximate surface area is 252 Å². The fraction of sp³-hybridized carbons (Fsp3) is 0.452. The predicted octanol–water partition coefficient (Wildman–Crippen LogP) is 4.96. The van der Waals surface area contributed by atoms with E-state index in [0.29, 0.717) is 67.6 Å². The van der Waals surface area contributed by atoms with Gasteiger partial charge in [-0.05, 0) is 57.2 Å². The molecule has 1 aromatic heterocycles. The summed E-state index contributed by atoms with van der Waals surface area (Å²) in [4.78, 5) is 20.7. The van der Waals surface area contributed by atoms with Gasteiger partial charge in [-0.2, -0.15) is 0 Å². The third-order valence-electron chi connectivity index (χ3n) is 6.24. The summed E-state index contributed by atoms with van der Waals surface area (Å²) in [6, 6.07) is 12.9. The molecule has 4 rings (SSSR count). The van der Waals surface area contributed by atoms with Crippen LogP contribution in [0.3, 0.4) is 0 Å². The van der Waals surface area contributed by atoms with E-state index in [1.54, 1.807) is 25.4 Å². The van der Waals surface area contributed by atoms with Crippen LogP contribution < -0.4 is 30.6 Å². The second-order valence-corrected chi connectivity index (χ2v) is 10.8. The van der Waals surface area contributed by atoms with Crippen LogP contribution in [-0.2, 0) is 14.2 Å². The van der Waals surface area contributed by atoms with E-state index in [2.05, 4.69) is 20.6 Å². The Morgan fingerprint density at radius 2 is 1.81 bits per heavy atom. The molecule has 1 saturated heterocycles. The molecule has 0 radical (unpaired) electrons. The molecule has 0 atom stereocenters. The van der Waals surface area contributed by atoms with Crippen LogP contribution in [0.1, 0.15) is 33.6 Å². The van der Waals surface area contributed by atoms with Gasteiger partial charge in [0.1, 0.15) is 24.1 Å². The summed E-state index contributed by atoms with van der Waals surface area (Å²) in [5, 5.41) is 5.87. The molecule has 12 nitrogen and oxygen atoms in total. The van der Waals surface area contributed by atoms with Crippen molar-refractivity contribution >= 4 is 23.4 Å². The lowest BCUT2D eigenvalue weighted by Crippen LogP contribution is -2.34. The Morgan fingerprint density at radius 3 is 2.56 bits per heavy atom. The molecule has 0 bridgehead atoms. The normalized spacial score (nSPS) is 13.7. The number of ether oxygens (including phenoxy) is 6. The molecule has 1 aliphatic rings.